The predicted octanol–water partition coefficient (Wildman–Crippen LogP) is 3.26. The fourth-order valence-electron chi connectivity index (χ4n) is 1.59. The first-order valence-corrected chi connectivity index (χ1v) is 6.00. The number of carbonyl (C=O) groups is 1. The van der Waals surface area contributed by atoms with Gasteiger partial charge in [0.05, 0.1) is 5.69 Å². The molecule has 0 radical (unpaired) electrons. The molecule has 2 aromatic rings. The van der Waals surface area contributed by atoms with E-state index in [1.54, 1.807) is 30.3 Å². The summed E-state index contributed by atoms with van der Waals surface area (Å²) in [5, 5.41) is 0. The Morgan fingerprint density at radius 1 is 1.20 bits per heavy atom. The van der Waals surface area contributed by atoms with Gasteiger partial charge in [-0.3, -0.25) is 4.79 Å². The highest BCUT2D eigenvalue weighted by Gasteiger charge is 2.04. The Balaban J connectivity index is 2.10. The van der Waals surface area contributed by atoms with Crippen LogP contribution in [0.1, 0.15) is 12.5 Å². The Morgan fingerprint density at radius 2 is 1.95 bits per heavy atom. The molecule has 0 spiro atoms. The number of anilines is 1. The lowest BCUT2D eigenvalue weighted by Gasteiger charge is -2.08. The highest BCUT2D eigenvalue weighted by Crippen LogP contribution is 2.25. The summed E-state index contributed by atoms with van der Waals surface area (Å²) in [5.74, 6) is -0.00402. The number of carbonyl (C=O) groups excluding carboxylic acids is 1. The second kappa shape index (κ2) is 6.06. The lowest BCUT2D eigenvalue weighted by molar-refractivity contribution is -0.142. The number of ether oxygens (including phenoxy) is 2. The topological polar surface area (TPSA) is 61.5 Å². The van der Waals surface area contributed by atoms with Gasteiger partial charge in [0.2, 0.25) is 0 Å². The van der Waals surface area contributed by atoms with Crippen LogP contribution in [0.4, 0.5) is 10.1 Å². The minimum Gasteiger partial charge on any atom is -0.461 e. The van der Waals surface area contributed by atoms with Crippen molar-refractivity contribution in [3.63, 3.8) is 0 Å². The maximum Gasteiger partial charge on any atom is 0.302 e. The van der Waals surface area contributed by atoms with Gasteiger partial charge in [0.1, 0.15) is 23.9 Å². The molecule has 0 fully saturated rings. The summed E-state index contributed by atoms with van der Waals surface area (Å²) >= 11 is 0. The minimum atomic E-state index is -0.529. The monoisotopic (exact) mass is 275 g/mol. The number of rotatable bonds is 4. The first-order valence-electron chi connectivity index (χ1n) is 6.00. The second-order valence-electron chi connectivity index (χ2n) is 4.21. The quantitative estimate of drug-likeness (QED) is 0.687. The van der Waals surface area contributed by atoms with E-state index in [4.69, 9.17) is 15.2 Å². The van der Waals surface area contributed by atoms with Crippen LogP contribution in [0.25, 0.3) is 0 Å². The molecule has 0 unspecified atom stereocenters. The molecule has 0 aliphatic rings. The number of benzene rings is 2. The number of halogens is 1. The molecule has 0 saturated heterocycles. The van der Waals surface area contributed by atoms with Crippen LogP contribution in [0.3, 0.4) is 0 Å². The molecule has 4 nitrogen and oxygen atoms in total. The summed E-state index contributed by atoms with van der Waals surface area (Å²) in [5.41, 5.74) is 6.25. The molecule has 104 valence electrons. The van der Waals surface area contributed by atoms with Gasteiger partial charge in [-0.25, -0.2) is 4.39 Å². The predicted molar refractivity (Wildman–Crippen MR) is 72.8 cm³/mol. The molecule has 0 aliphatic carbocycles. The van der Waals surface area contributed by atoms with Crippen molar-refractivity contribution in [2.24, 2.45) is 0 Å². The average Bonchev–Trinajstić information content (AvgIpc) is 2.41. The Labute approximate surface area is 115 Å². The molecule has 2 aromatic carbocycles. The number of esters is 1. The Morgan fingerprint density at radius 3 is 2.65 bits per heavy atom. The average molecular weight is 275 g/mol. The summed E-state index contributed by atoms with van der Waals surface area (Å²) in [6.45, 7) is 1.51. The fraction of sp³-hybridized carbons (Fsp3) is 0.133. The summed E-state index contributed by atoms with van der Waals surface area (Å²) in [4.78, 5) is 10.8. The molecule has 0 bridgehead atoms. The van der Waals surface area contributed by atoms with Crippen molar-refractivity contribution in [3.8, 4) is 11.5 Å². The van der Waals surface area contributed by atoms with Crippen LogP contribution in [-0.2, 0) is 16.1 Å². The standard InChI is InChI=1S/C15H14FNO3/c1-10(18)19-9-11-3-2-4-12(7-11)20-13-5-6-15(17)14(16)8-13/h2-8H,9,17H2,1H3. The Hall–Kier alpha value is -2.56. The van der Waals surface area contributed by atoms with E-state index in [0.29, 0.717) is 11.5 Å². The zero-order chi connectivity index (χ0) is 14.5. The largest absolute Gasteiger partial charge is 0.461 e. The summed E-state index contributed by atoms with van der Waals surface area (Å²) in [7, 11) is 0. The van der Waals surface area contributed by atoms with Gasteiger partial charge < -0.3 is 15.2 Å². The molecule has 0 amide bonds. The summed E-state index contributed by atoms with van der Waals surface area (Å²) in [6, 6.07) is 11.3. The van der Waals surface area contributed by atoms with E-state index in [9.17, 15) is 9.18 Å². The maximum atomic E-state index is 13.3. The molecule has 0 saturated carbocycles. The van der Waals surface area contributed by atoms with Gasteiger partial charge in [-0.2, -0.15) is 0 Å². The van der Waals surface area contributed by atoms with Gasteiger partial charge in [-0.15, -0.1) is 0 Å². The van der Waals surface area contributed by atoms with Crippen LogP contribution in [0.15, 0.2) is 42.5 Å². The van der Waals surface area contributed by atoms with Gasteiger partial charge in [-0.05, 0) is 29.8 Å². The maximum absolute atomic E-state index is 13.3. The zero-order valence-electron chi connectivity index (χ0n) is 10.9. The zero-order valence-corrected chi connectivity index (χ0v) is 10.9. The van der Waals surface area contributed by atoms with Crippen molar-refractivity contribution in [2.45, 2.75) is 13.5 Å². The third-order valence-corrected chi connectivity index (χ3v) is 2.55. The molecule has 0 aromatic heterocycles. The molecule has 5 heteroatoms. The SMILES string of the molecule is CC(=O)OCc1cccc(Oc2ccc(N)c(F)c2)c1. The smallest absolute Gasteiger partial charge is 0.302 e. The van der Waals surface area contributed by atoms with E-state index in [-0.39, 0.29) is 18.3 Å². The van der Waals surface area contributed by atoms with E-state index in [0.717, 1.165) is 5.56 Å². The number of nitrogen functional groups attached to an aromatic ring is 1. The van der Waals surface area contributed by atoms with Crippen LogP contribution < -0.4 is 10.5 Å². The van der Waals surface area contributed by atoms with Crippen LogP contribution in [0.5, 0.6) is 11.5 Å². The molecule has 2 rings (SSSR count). The third kappa shape index (κ3) is 3.71. The number of nitrogens with two attached hydrogens (primary N) is 1. The minimum absolute atomic E-state index is 0.0703. The fourth-order valence-corrected chi connectivity index (χ4v) is 1.59. The van der Waals surface area contributed by atoms with Crippen molar-refractivity contribution < 1.29 is 18.7 Å². The van der Waals surface area contributed by atoms with E-state index in [1.165, 1.54) is 19.1 Å². The molecule has 20 heavy (non-hydrogen) atoms. The highest BCUT2D eigenvalue weighted by atomic mass is 19.1. The van der Waals surface area contributed by atoms with Crippen LogP contribution in [-0.4, -0.2) is 5.97 Å². The van der Waals surface area contributed by atoms with Crippen molar-refractivity contribution in [1.29, 1.82) is 0 Å². The van der Waals surface area contributed by atoms with E-state index >= 15 is 0 Å². The van der Waals surface area contributed by atoms with E-state index < -0.39 is 5.82 Å². The highest BCUT2D eigenvalue weighted by molar-refractivity contribution is 5.65. The van der Waals surface area contributed by atoms with Crippen molar-refractivity contribution in [2.75, 3.05) is 5.73 Å². The number of hydrogen-bond donors (Lipinski definition) is 1. The van der Waals surface area contributed by atoms with Crippen LogP contribution in [0.2, 0.25) is 0 Å². The van der Waals surface area contributed by atoms with Crippen molar-refractivity contribution in [3.05, 3.63) is 53.8 Å². The van der Waals surface area contributed by atoms with Crippen molar-refractivity contribution in [1.82, 2.24) is 0 Å². The second-order valence-corrected chi connectivity index (χ2v) is 4.21. The first kappa shape index (κ1) is 13.9. The Bertz CT molecular complexity index is 628. The molecular weight excluding hydrogens is 261 g/mol. The van der Waals surface area contributed by atoms with Gasteiger partial charge in [0.25, 0.3) is 0 Å². The van der Waals surface area contributed by atoms with Crippen molar-refractivity contribution >= 4 is 11.7 Å². The molecule has 2 N–H and O–H groups in total. The third-order valence-electron chi connectivity index (χ3n) is 2.55. The van der Waals surface area contributed by atoms with Crippen LogP contribution in [0, 0.1) is 5.82 Å². The number of hydrogen-bond acceptors (Lipinski definition) is 4. The van der Waals surface area contributed by atoms with E-state index in [2.05, 4.69) is 0 Å². The molecule has 0 heterocycles. The molecule has 0 atom stereocenters. The summed E-state index contributed by atoms with van der Waals surface area (Å²) < 4.78 is 23.7. The Kier molecular flexibility index (Phi) is 4.20. The first-order chi connectivity index (χ1) is 9.54. The van der Waals surface area contributed by atoms with Gasteiger partial charge in [-0.1, -0.05) is 12.1 Å². The van der Waals surface area contributed by atoms with Crippen LogP contribution >= 0.6 is 0 Å². The summed E-state index contributed by atoms with van der Waals surface area (Å²) in [6.07, 6.45) is 0. The van der Waals surface area contributed by atoms with Gasteiger partial charge in [0, 0.05) is 13.0 Å². The van der Waals surface area contributed by atoms with E-state index in [1.807, 2.05) is 0 Å². The van der Waals surface area contributed by atoms with Gasteiger partial charge in [0.15, 0.2) is 0 Å². The van der Waals surface area contributed by atoms with Gasteiger partial charge >= 0.3 is 5.97 Å². The lowest BCUT2D eigenvalue weighted by atomic mass is 10.2. The molecule has 0 aliphatic heterocycles. The normalized spacial score (nSPS) is 10.1. The molecular formula is C15H14FNO3. The lowest BCUT2D eigenvalue weighted by Crippen LogP contribution is -1.98.